The zero-order valence-electron chi connectivity index (χ0n) is 9.03. The molecule has 1 aromatic carbocycles. The molecule has 0 atom stereocenters. The molecule has 0 saturated carbocycles. The lowest BCUT2D eigenvalue weighted by atomic mass is 10.1. The minimum absolute atomic E-state index is 0.0380. The van der Waals surface area contributed by atoms with Crippen LogP contribution in [0, 0.1) is 0 Å². The highest BCUT2D eigenvalue weighted by Gasteiger charge is 2.06. The predicted octanol–water partition coefficient (Wildman–Crippen LogP) is 1.80. The molecule has 0 aliphatic rings. The summed E-state index contributed by atoms with van der Waals surface area (Å²) in [6, 6.07) is 7.85. The SMILES string of the molecule is Cn1c(=O)c(CCN)cc2ccc(Br)cc21. The maximum absolute atomic E-state index is 12.0. The van der Waals surface area contributed by atoms with E-state index in [0.29, 0.717) is 13.0 Å². The molecule has 16 heavy (non-hydrogen) atoms. The Bertz CT molecular complexity index is 589. The van der Waals surface area contributed by atoms with Crippen LogP contribution >= 0.6 is 15.9 Å². The van der Waals surface area contributed by atoms with Gasteiger partial charge in [-0.3, -0.25) is 4.79 Å². The summed E-state index contributed by atoms with van der Waals surface area (Å²) >= 11 is 3.41. The molecule has 1 heterocycles. The van der Waals surface area contributed by atoms with E-state index in [1.807, 2.05) is 24.3 Å². The first-order valence-corrected chi connectivity index (χ1v) is 5.91. The van der Waals surface area contributed by atoms with Crippen molar-refractivity contribution in [2.24, 2.45) is 12.8 Å². The third kappa shape index (κ3) is 1.90. The Labute approximate surface area is 102 Å². The van der Waals surface area contributed by atoms with Gasteiger partial charge in [0.25, 0.3) is 5.56 Å². The molecule has 1 aromatic heterocycles. The first kappa shape index (κ1) is 11.4. The van der Waals surface area contributed by atoms with Crippen molar-refractivity contribution in [2.75, 3.05) is 6.54 Å². The van der Waals surface area contributed by atoms with Crippen molar-refractivity contribution in [3.63, 3.8) is 0 Å². The van der Waals surface area contributed by atoms with E-state index in [9.17, 15) is 4.79 Å². The summed E-state index contributed by atoms with van der Waals surface area (Å²) in [5.41, 5.74) is 7.24. The molecule has 0 spiro atoms. The molecule has 2 N–H and O–H groups in total. The fourth-order valence-corrected chi connectivity index (χ4v) is 2.19. The Balaban J connectivity index is 2.78. The number of aryl methyl sites for hydroxylation is 1. The van der Waals surface area contributed by atoms with Gasteiger partial charge in [-0.15, -0.1) is 0 Å². The Morgan fingerprint density at radius 2 is 2.12 bits per heavy atom. The second-order valence-corrected chi connectivity index (χ2v) is 4.69. The Kier molecular flexibility index (Phi) is 3.12. The van der Waals surface area contributed by atoms with Crippen LogP contribution in [0.1, 0.15) is 5.56 Å². The van der Waals surface area contributed by atoms with E-state index in [2.05, 4.69) is 15.9 Å². The van der Waals surface area contributed by atoms with Crippen LogP contribution in [0.15, 0.2) is 33.5 Å². The van der Waals surface area contributed by atoms with E-state index >= 15 is 0 Å². The van der Waals surface area contributed by atoms with Crippen molar-refractivity contribution < 1.29 is 0 Å². The zero-order chi connectivity index (χ0) is 11.7. The van der Waals surface area contributed by atoms with Crippen molar-refractivity contribution in [3.05, 3.63) is 44.7 Å². The van der Waals surface area contributed by atoms with Crippen molar-refractivity contribution in [1.82, 2.24) is 4.57 Å². The minimum atomic E-state index is 0.0380. The van der Waals surface area contributed by atoms with Gasteiger partial charge in [0.1, 0.15) is 0 Å². The summed E-state index contributed by atoms with van der Waals surface area (Å²) in [4.78, 5) is 12.0. The van der Waals surface area contributed by atoms with Gasteiger partial charge in [0.05, 0.1) is 5.52 Å². The number of fused-ring (bicyclic) bond motifs is 1. The molecule has 0 fully saturated rings. The van der Waals surface area contributed by atoms with Crippen LogP contribution in [0.5, 0.6) is 0 Å². The molecule has 0 saturated heterocycles. The smallest absolute Gasteiger partial charge is 0.254 e. The molecule has 3 nitrogen and oxygen atoms in total. The molecule has 2 aromatic rings. The number of aromatic nitrogens is 1. The molecule has 0 radical (unpaired) electrons. The molecular formula is C12H13BrN2O. The molecular weight excluding hydrogens is 268 g/mol. The van der Waals surface area contributed by atoms with Crippen molar-refractivity contribution in [2.45, 2.75) is 6.42 Å². The van der Waals surface area contributed by atoms with E-state index in [0.717, 1.165) is 20.9 Å². The second-order valence-electron chi connectivity index (χ2n) is 3.78. The van der Waals surface area contributed by atoms with E-state index in [1.165, 1.54) is 0 Å². The maximum Gasteiger partial charge on any atom is 0.254 e. The average Bonchev–Trinajstić information content (AvgIpc) is 2.27. The van der Waals surface area contributed by atoms with E-state index < -0.39 is 0 Å². The normalized spacial score (nSPS) is 10.9. The summed E-state index contributed by atoms with van der Waals surface area (Å²) in [5, 5.41) is 1.06. The van der Waals surface area contributed by atoms with Gasteiger partial charge in [-0.1, -0.05) is 22.0 Å². The highest BCUT2D eigenvalue weighted by Crippen LogP contribution is 2.18. The molecule has 2 rings (SSSR count). The number of nitrogens with zero attached hydrogens (tertiary/aromatic N) is 1. The molecule has 84 valence electrons. The van der Waals surface area contributed by atoms with Crippen LogP contribution in [-0.2, 0) is 13.5 Å². The van der Waals surface area contributed by atoms with Gasteiger partial charge in [-0.25, -0.2) is 0 Å². The molecule has 0 amide bonds. The predicted molar refractivity (Wildman–Crippen MR) is 69.6 cm³/mol. The maximum atomic E-state index is 12.0. The summed E-state index contributed by atoms with van der Waals surface area (Å²) in [7, 11) is 1.79. The Hall–Kier alpha value is -1.13. The zero-order valence-corrected chi connectivity index (χ0v) is 10.6. The van der Waals surface area contributed by atoms with Crippen LogP contribution in [0.4, 0.5) is 0 Å². The van der Waals surface area contributed by atoms with Crippen LogP contribution in [0.25, 0.3) is 10.9 Å². The van der Waals surface area contributed by atoms with Crippen LogP contribution in [0.3, 0.4) is 0 Å². The van der Waals surface area contributed by atoms with Crippen molar-refractivity contribution >= 4 is 26.8 Å². The second kappa shape index (κ2) is 4.39. The molecule has 4 heteroatoms. The molecule has 0 bridgehead atoms. The lowest BCUT2D eigenvalue weighted by molar-refractivity contribution is 0.856. The number of nitrogens with two attached hydrogens (primary N) is 1. The first-order chi connectivity index (χ1) is 7.63. The standard InChI is InChI=1S/C12H13BrN2O/c1-15-11-7-10(13)3-2-8(11)6-9(4-5-14)12(15)16/h2-3,6-7H,4-5,14H2,1H3. The number of rotatable bonds is 2. The number of hydrogen-bond donors (Lipinski definition) is 1. The van der Waals surface area contributed by atoms with Crippen molar-refractivity contribution in [3.8, 4) is 0 Å². The van der Waals surface area contributed by atoms with Gasteiger partial charge in [0.15, 0.2) is 0 Å². The third-order valence-electron chi connectivity index (χ3n) is 2.68. The first-order valence-electron chi connectivity index (χ1n) is 5.11. The van der Waals surface area contributed by atoms with Gasteiger partial charge >= 0.3 is 0 Å². The topological polar surface area (TPSA) is 48.0 Å². The molecule has 0 aliphatic carbocycles. The largest absolute Gasteiger partial charge is 0.330 e. The fourth-order valence-electron chi connectivity index (χ4n) is 1.84. The van der Waals surface area contributed by atoms with Crippen molar-refractivity contribution in [1.29, 1.82) is 0 Å². The highest BCUT2D eigenvalue weighted by molar-refractivity contribution is 9.10. The monoisotopic (exact) mass is 280 g/mol. The van der Waals surface area contributed by atoms with Gasteiger partial charge in [-0.05, 0) is 36.6 Å². The van der Waals surface area contributed by atoms with E-state index in [1.54, 1.807) is 11.6 Å². The van der Waals surface area contributed by atoms with Crippen LogP contribution < -0.4 is 11.3 Å². The average molecular weight is 281 g/mol. The quantitative estimate of drug-likeness (QED) is 0.912. The minimum Gasteiger partial charge on any atom is -0.330 e. The van der Waals surface area contributed by atoms with Gasteiger partial charge in [0.2, 0.25) is 0 Å². The summed E-state index contributed by atoms with van der Waals surface area (Å²) in [6.07, 6.45) is 0.624. The van der Waals surface area contributed by atoms with Gasteiger partial charge in [-0.2, -0.15) is 0 Å². The number of benzene rings is 1. The lowest BCUT2D eigenvalue weighted by Gasteiger charge is -2.08. The van der Waals surface area contributed by atoms with E-state index in [4.69, 9.17) is 5.73 Å². The number of hydrogen-bond acceptors (Lipinski definition) is 2. The number of halogens is 1. The summed E-state index contributed by atoms with van der Waals surface area (Å²) in [5.74, 6) is 0. The molecule has 0 unspecified atom stereocenters. The molecule has 0 aliphatic heterocycles. The fraction of sp³-hybridized carbons (Fsp3) is 0.250. The van der Waals surface area contributed by atoms with Crippen LogP contribution in [-0.4, -0.2) is 11.1 Å². The number of pyridine rings is 1. The van der Waals surface area contributed by atoms with E-state index in [-0.39, 0.29) is 5.56 Å². The third-order valence-corrected chi connectivity index (χ3v) is 3.17. The summed E-state index contributed by atoms with van der Waals surface area (Å²) in [6.45, 7) is 0.497. The van der Waals surface area contributed by atoms with Gasteiger partial charge < -0.3 is 10.3 Å². The highest BCUT2D eigenvalue weighted by atomic mass is 79.9. The summed E-state index contributed by atoms with van der Waals surface area (Å²) < 4.78 is 2.65. The Morgan fingerprint density at radius 1 is 1.38 bits per heavy atom. The Morgan fingerprint density at radius 3 is 2.81 bits per heavy atom. The van der Waals surface area contributed by atoms with Crippen LogP contribution in [0.2, 0.25) is 0 Å². The van der Waals surface area contributed by atoms with Gasteiger partial charge in [0, 0.05) is 17.1 Å². The lowest BCUT2D eigenvalue weighted by Crippen LogP contribution is -2.23.